The van der Waals surface area contributed by atoms with Crippen LogP contribution in [0.15, 0.2) is 78.9 Å². The van der Waals surface area contributed by atoms with Gasteiger partial charge in [0.15, 0.2) is 0 Å². The number of rotatable bonds is 6. The second kappa shape index (κ2) is 9.43. The zero-order valence-corrected chi connectivity index (χ0v) is 17.5. The predicted molar refractivity (Wildman–Crippen MR) is 120 cm³/mol. The standard InChI is InChI=1S/C25H25ClN2O2/c26-23-11-9-21(10-12-23)24(20-6-2-1-3-7-20)28-15-13-27(14-16-28)18-19-5-4-8-22(17-19)25(29)30/h1-12,17,24H,13-16,18H2,(H,29,30). The SMILES string of the molecule is O=C(O)c1cccc(CN2CCN(C(c3ccccc3)c3ccc(Cl)cc3)CC2)c1. The van der Waals surface area contributed by atoms with E-state index in [1.807, 2.05) is 30.3 Å². The van der Waals surface area contributed by atoms with Crippen LogP contribution in [0.1, 0.15) is 33.1 Å². The number of carboxylic acid groups (broad SMARTS) is 1. The summed E-state index contributed by atoms with van der Waals surface area (Å²) in [5.74, 6) is -0.879. The summed E-state index contributed by atoms with van der Waals surface area (Å²) in [6.45, 7) is 4.54. The van der Waals surface area contributed by atoms with Crippen LogP contribution in [0.2, 0.25) is 5.02 Å². The third kappa shape index (κ3) is 4.90. The average Bonchev–Trinajstić information content (AvgIpc) is 2.77. The molecule has 1 aliphatic heterocycles. The van der Waals surface area contributed by atoms with Crippen molar-refractivity contribution in [2.24, 2.45) is 0 Å². The van der Waals surface area contributed by atoms with Gasteiger partial charge in [-0.05, 0) is 41.0 Å². The van der Waals surface area contributed by atoms with E-state index in [9.17, 15) is 9.90 Å². The molecule has 1 aliphatic rings. The van der Waals surface area contributed by atoms with Crippen LogP contribution in [0.3, 0.4) is 0 Å². The smallest absolute Gasteiger partial charge is 0.335 e. The minimum absolute atomic E-state index is 0.195. The lowest BCUT2D eigenvalue weighted by molar-refractivity contribution is 0.0696. The monoisotopic (exact) mass is 420 g/mol. The molecule has 3 aromatic carbocycles. The summed E-state index contributed by atoms with van der Waals surface area (Å²) in [5.41, 5.74) is 3.91. The largest absolute Gasteiger partial charge is 0.478 e. The van der Waals surface area contributed by atoms with Crippen molar-refractivity contribution in [1.29, 1.82) is 0 Å². The van der Waals surface area contributed by atoms with E-state index in [0.29, 0.717) is 5.56 Å². The number of benzene rings is 3. The highest BCUT2D eigenvalue weighted by atomic mass is 35.5. The summed E-state index contributed by atoms with van der Waals surface area (Å²) >= 11 is 6.12. The molecule has 1 N–H and O–H groups in total. The summed E-state index contributed by atoms with van der Waals surface area (Å²) in [6.07, 6.45) is 0. The minimum atomic E-state index is -0.879. The fraction of sp³-hybridized carbons (Fsp3) is 0.240. The molecule has 3 aromatic rings. The van der Waals surface area contributed by atoms with Gasteiger partial charge in [0.2, 0.25) is 0 Å². The number of carbonyl (C=O) groups is 1. The first-order valence-electron chi connectivity index (χ1n) is 10.2. The molecule has 154 valence electrons. The van der Waals surface area contributed by atoms with Crippen LogP contribution < -0.4 is 0 Å². The van der Waals surface area contributed by atoms with E-state index in [0.717, 1.165) is 43.3 Å². The highest BCUT2D eigenvalue weighted by Crippen LogP contribution is 2.30. The Morgan fingerprint density at radius 2 is 1.53 bits per heavy atom. The second-order valence-electron chi connectivity index (χ2n) is 7.68. The molecule has 1 atom stereocenters. The van der Waals surface area contributed by atoms with Crippen molar-refractivity contribution in [1.82, 2.24) is 9.80 Å². The fourth-order valence-electron chi connectivity index (χ4n) is 4.14. The van der Waals surface area contributed by atoms with Crippen LogP contribution >= 0.6 is 11.6 Å². The molecule has 30 heavy (non-hydrogen) atoms. The predicted octanol–water partition coefficient (Wildman–Crippen LogP) is 4.95. The van der Waals surface area contributed by atoms with Crippen LogP contribution in [0.25, 0.3) is 0 Å². The number of nitrogens with zero attached hydrogens (tertiary/aromatic N) is 2. The first kappa shape index (κ1) is 20.6. The lowest BCUT2D eigenvalue weighted by Crippen LogP contribution is -2.47. The van der Waals surface area contributed by atoms with Crippen LogP contribution in [0.5, 0.6) is 0 Å². The molecule has 4 rings (SSSR count). The Bertz CT molecular complexity index is 984. The number of carboxylic acids is 1. The Morgan fingerprint density at radius 1 is 0.867 bits per heavy atom. The third-order valence-electron chi connectivity index (χ3n) is 5.65. The van der Waals surface area contributed by atoms with Gasteiger partial charge in [-0.3, -0.25) is 9.80 Å². The quantitative estimate of drug-likeness (QED) is 0.613. The van der Waals surface area contributed by atoms with Gasteiger partial charge in [-0.25, -0.2) is 4.79 Å². The maximum Gasteiger partial charge on any atom is 0.335 e. The minimum Gasteiger partial charge on any atom is -0.478 e. The van der Waals surface area contributed by atoms with Gasteiger partial charge < -0.3 is 5.11 Å². The molecule has 0 spiro atoms. The van der Waals surface area contributed by atoms with Gasteiger partial charge in [0.25, 0.3) is 0 Å². The molecule has 1 fully saturated rings. The summed E-state index contributed by atoms with van der Waals surface area (Å²) in [6, 6.07) is 26.2. The summed E-state index contributed by atoms with van der Waals surface area (Å²) in [5, 5.41) is 9.97. The van der Waals surface area contributed by atoms with Gasteiger partial charge in [0, 0.05) is 37.7 Å². The maximum atomic E-state index is 11.2. The van der Waals surface area contributed by atoms with Crippen molar-refractivity contribution in [3.63, 3.8) is 0 Å². The molecular formula is C25H25ClN2O2. The van der Waals surface area contributed by atoms with Crippen molar-refractivity contribution in [3.05, 3.63) is 106 Å². The van der Waals surface area contributed by atoms with Crippen LogP contribution in [0.4, 0.5) is 0 Å². The van der Waals surface area contributed by atoms with E-state index < -0.39 is 5.97 Å². The molecule has 0 radical (unpaired) electrons. The lowest BCUT2D eigenvalue weighted by Gasteiger charge is -2.40. The lowest BCUT2D eigenvalue weighted by atomic mass is 9.96. The molecule has 5 heteroatoms. The Hall–Kier alpha value is -2.66. The van der Waals surface area contributed by atoms with E-state index in [1.165, 1.54) is 11.1 Å². The number of piperazine rings is 1. The highest BCUT2D eigenvalue weighted by Gasteiger charge is 2.26. The normalized spacial score (nSPS) is 16.3. The first-order valence-corrected chi connectivity index (χ1v) is 10.6. The third-order valence-corrected chi connectivity index (χ3v) is 5.91. The van der Waals surface area contributed by atoms with Gasteiger partial charge in [0.1, 0.15) is 0 Å². The zero-order valence-electron chi connectivity index (χ0n) is 16.7. The zero-order chi connectivity index (χ0) is 20.9. The van der Waals surface area contributed by atoms with Gasteiger partial charge in [0.05, 0.1) is 11.6 Å². The van der Waals surface area contributed by atoms with E-state index in [-0.39, 0.29) is 6.04 Å². The first-order chi connectivity index (χ1) is 14.6. The molecule has 0 amide bonds. The summed E-state index contributed by atoms with van der Waals surface area (Å²) in [4.78, 5) is 16.1. The van der Waals surface area contributed by atoms with E-state index in [2.05, 4.69) is 46.2 Å². The van der Waals surface area contributed by atoms with Gasteiger partial charge in [-0.15, -0.1) is 0 Å². The molecule has 0 saturated carbocycles. The molecular weight excluding hydrogens is 396 g/mol. The van der Waals surface area contributed by atoms with Gasteiger partial charge in [-0.1, -0.05) is 66.2 Å². The van der Waals surface area contributed by atoms with Crippen molar-refractivity contribution in [3.8, 4) is 0 Å². The Balaban J connectivity index is 1.47. The molecule has 1 saturated heterocycles. The van der Waals surface area contributed by atoms with Crippen molar-refractivity contribution in [2.75, 3.05) is 26.2 Å². The second-order valence-corrected chi connectivity index (χ2v) is 8.12. The number of halogens is 1. The highest BCUT2D eigenvalue weighted by molar-refractivity contribution is 6.30. The number of hydrogen-bond acceptors (Lipinski definition) is 3. The molecule has 1 unspecified atom stereocenters. The van der Waals surface area contributed by atoms with Gasteiger partial charge in [-0.2, -0.15) is 0 Å². The summed E-state index contributed by atoms with van der Waals surface area (Å²) in [7, 11) is 0. The maximum absolute atomic E-state index is 11.2. The Kier molecular flexibility index (Phi) is 6.48. The van der Waals surface area contributed by atoms with Crippen molar-refractivity contribution < 1.29 is 9.90 Å². The molecule has 1 heterocycles. The van der Waals surface area contributed by atoms with Crippen LogP contribution in [-0.2, 0) is 6.54 Å². The fourth-order valence-corrected chi connectivity index (χ4v) is 4.26. The van der Waals surface area contributed by atoms with Crippen molar-refractivity contribution in [2.45, 2.75) is 12.6 Å². The van der Waals surface area contributed by atoms with E-state index >= 15 is 0 Å². The topological polar surface area (TPSA) is 43.8 Å². The van der Waals surface area contributed by atoms with Crippen molar-refractivity contribution >= 4 is 17.6 Å². The average molecular weight is 421 g/mol. The van der Waals surface area contributed by atoms with Crippen LogP contribution in [0, 0.1) is 0 Å². The molecule has 0 bridgehead atoms. The van der Waals surface area contributed by atoms with Crippen LogP contribution in [-0.4, -0.2) is 47.1 Å². The number of hydrogen-bond donors (Lipinski definition) is 1. The Labute approximate surface area is 182 Å². The molecule has 0 aromatic heterocycles. The van der Waals surface area contributed by atoms with E-state index in [1.54, 1.807) is 12.1 Å². The number of aromatic carboxylic acids is 1. The summed E-state index contributed by atoms with van der Waals surface area (Å²) < 4.78 is 0. The van der Waals surface area contributed by atoms with Gasteiger partial charge >= 0.3 is 5.97 Å². The molecule has 0 aliphatic carbocycles. The van der Waals surface area contributed by atoms with E-state index in [4.69, 9.17) is 11.6 Å². The Morgan fingerprint density at radius 3 is 2.20 bits per heavy atom. The molecule has 4 nitrogen and oxygen atoms in total.